The molecule has 0 radical (unpaired) electrons. The Hall–Kier alpha value is -2.05. The third-order valence-electron chi connectivity index (χ3n) is 7.38. The second-order valence-electron chi connectivity index (χ2n) is 9.60. The van der Waals surface area contributed by atoms with Gasteiger partial charge < -0.3 is 19.6 Å². The fourth-order valence-corrected chi connectivity index (χ4v) is 5.41. The van der Waals surface area contributed by atoms with Gasteiger partial charge in [-0.05, 0) is 86.5 Å². The molecule has 0 aromatic heterocycles. The van der Waals surface area contributed by atoms with Gasteiger partial charge in [0, 0.05) is 37.5 Å². The van der Waals surface area contributed by atoms with Crippen LogP contribution in [-0.4, -0.2) is 66.6 Å². The summed E-state index contributed by atoms with van der Waals surface area (Å²) < 4.78 is 5.27. The maximum absolute atomic E-state index is 12.4. The molecule has 2 aliphatic rings. The van der Waals surface area contributed by atoms with Crippen LogP contribution in [0.25, 0.3) is 0 Å². The highest BCUT2D eigenvalue weighted by atomic mass is 35.5. The van der Waals surface area contributed by atoms with E-state index in [1.807, 2.05) is 18.3 Å². The molecule has 2 heterocycles. The highest BCUT2D eigenvalue weighted by Gasteiger charge is 2.28. The van der Waals surface area contributed by atoms with Gasteiger partial charge in [0.1, 0.15) is 5.75 Å². The van der Waals surface area contributed by atoms with Crippen molar-refractivity contribution in [3.63, 3.8) is 0 Å². The van der Waals surface area contributed by atoms with Crippen LogP contribution in [0.1, 0.15) is 47.5 Å². The number of nitrogens with zero attached hydrogens (tertiary/aromatic N) is 2. The van der Waals surface area contributed by atoms with E-state index >= 15 is 0 Å². The number of piperidine rings is 2. The van der Waals surface area contributed by atoms with Crippen molar-refractivity contribution in [2.75, 3.05) is 39.8 Å². The van der Waals surface area contributed by atoms with E-state index in [1.54, 1.807) is 31.4 Å². The van der Waals surface area contributed by atoms with Gasteiger partial charge in [-0.1, -0.05) is 35.3 Å². The van der Waals surface area contributed by atoms with Crippen molar-refractivity contribution in [2.24, 2.45) is 5.92 Å². The van der Waals surface area contributed by atoms with Crippen molar-refractivity contribution in [2.45, 2.75) is 37.7 Å². The predicted octanol–water partition coefficient (Wildman–Crippen LogP) is 5.65. The Bertz CT molecular complexity index is 1010. The lowest BCUT2D eigenvalue weighted by atomic mass is 9.88. The number of aliphatic hydroxyl groups excluding tert-OH is 1. The number of carbonyl (C=O) groups excluding carboxylic acids is 1. The standard InChI is InChI=1S/C28H34Cl2N2O3/c1-35-24-5-2-20(3-6-24)21-8-15-32(16-9-21)19-28(34)22-10-13-31(14-11-22)17-12-27(33)23-4-7-25(29)26(30)18-23/h2-7,12,17-18,21-22,28,34H,8-11,13-16,19H2,1H3. The summed E-state index contributed by atoms with van der Waals surface area (Å²) in [7, 11) is 1.69. The first-order valence-electron chi connectivity index (χ1n) is 12.4. The number of ether oxygens (including phenoxy) is 1. The van der Waals surface area contributed by atoms with Gasteiger partial charge in [-0.15, -0.1) is 0 Å². The van der Waals surface area contributed by atoms with Crippen molar-refractivity contribution in [3.05, 3.63) is 75.9 Å². The largest absolute Gasteiger partial charge is 0.497 e. The summed E-state index contributed by atoms with van der Waals surface area (Å²) in [6.45, 7) is 4.46. The Labute approximate surface area is 218 Å². The monoisotopic (exact) mass is 516 g/mol. The molecule has 0 amide bonds. The molecule has 0 spiro atoms. The minimum absolute atomic E-state index is 0.0937. The molecule has 35 heavy (non-hydrogen) atoms. The number of likely N-dealkylation sites (tertiary alicyclic amines) is 2. The molecule has 2 aromatic rings. The first-order valence-corrected chi connectivity index (χ1v) is 13.1. The minimum Gasteiger partial charge on any atom is -0.497 e. The third-order valence-corrected chi connectivity index (χ3v) is 8.12. The zero-order valence-electron chi connectivity index (χ0n) is 20.2. The molecule has 188 valence electrons. The summed E-state index contributed by atoms with van der Waals surface area (Å²) >= 11 is 11.9. The quantitative estimate of drug-likeness (QED) is 0.362. The van der Waals surface area contributed by atoms with E-state index in [-0.39, 0.29) is 11.9 Å². The Morgan fingerprint density at radius 1 is 1.03 bits per heavy atom. The number of aliphatic hydroxyl groups is 1. The number of rotatable bonds is 8. The summed E-state index contributed by atoms with van der Waals surface area (Å²) in [5.41, 5.74) is 1.90. The molecular formula is C28H34Cl2N2O3. The van der Waals surface area contributed by atoms with Crippen LogP contribution in [-0.2, 0) is 0 Å². The van der Waals surface area contributed by atoms with Crippen molar-refractivity contribution in [3.8, 4) is 5.75 Å². The van der Waals surface area contributed by atoms with E-state index in [0.717, 1.165) is 64.2 Å². The van der Waals surface area contributed by atoms with Crippen LogP contribution in [0.5, 0.6) is 5.75 Å². The number of allylic oxidation sites excluding steroid dienone is 1. The highest BCUT2D eigenvalue weighted by Crippen LogP contribution is 2.30. The number of methoxy groups -OCH3 is 1. The lowest BCUT2D eigenvalue weighted by Crippen LogP contribution is -2.43. The smallest absolute Gasteiger partial charge is 0.187 e. The normalized spacial score (nSPS) is 19.3. The van der Waals surface area contributed by atoms with E-state index in [2.05, 4.69) is 21.9 Å². The van der Waals surface area contributed by atoms with Gasteiger partial charge in [0.15, 0.2) is 5.78 Å². The van der Waals surface area contributed by atoms with Crippen LogP contribution in [0, 0.1) is 5.92 Å². The molecule has 2 aromatic carbocycles. The van der Waals surface area contributed by atoms with Crippen molar-refractivity contribution in [1.29, 1.82) is 0 Å². The maximum atomic E-state index is 12.4. The SMILES string of the molecule is COc1ccc(C2CCN(CC(O)C3CCN(C=CC(=O)c4ccc(Cl)c(Cl)c4)CC3)CC2)cc1. The van der Waals surface area contributed by atoms with E-state index in [4.69, 9.17) is 27.9 Å². The molecule has 2 aliphatic heterocycles. The topological polar surface area (TPSA) is 53.0 Å². The molecule has 1 unspecified atom stereocenters. The number of β-amino-alcohol motifs (C(OH)–C–C–N with tert-alkyl or cyclic N) is 1. The highest BCUT2D eigenvalue weighted by molar-refractivity contribution is 6.42. The third kappa shape index (κ3) is 7.01. The van der Waals surface area contributed by atoms with E-state index in [1.165, 1.54) is 5.56 Å². The minimum atomic E-state index is -0.309. The van der Waals surface area contributed by atoms with Gasteiger partial charge in [-0.3, -0.25) is 4.79 Å². The Kier molecular flexibility index (Phi) is 9.12. The van der Waals surface area contributed by atoms with Gasteiger partial charge in [0.05, 0.1) is 23.3 Å². The molecule has 2 fully saturated rings. The molecule has 2 saturated heterocycles. The van der Waals surface area contributed by atoms with Crippen LogP contribution >= 0.6 is 23.2 Å². The summed E-state index contributed by atoms with van der Waals surface area (Å²) in [6.07, 6.45) is 7.23. The Morgan fingerprint density at radius 3 is 2.34 bits per heavy atom. The molecule has 1 N–H and O–H groups in total. The summed E-state index contributed by atoms with van der Waals surface area (Å²) in [4.78, 5) is 17.0. The first-order chi connectivity index (χ1) is 16.9. The molecule has 1 atom stereocenters. The Morgan fingerprint density at radius 2 is 1.71 bits per heavy atom. The van der Waals surface area contributed by atoms with Crippen molar-refractivity contribution < 1.29 is 14.6 Å². The van der Waals surface area contributed by atoms with Gasteiger partial charge in [0.2, 0.25) is 0 Å². The van der Waals surface area contributed by atoms with Crippen LogP contribution in [0.15, 0.2) is 54.7 Å². The molecule has 0 bridgehead atoms. The Balaban J connectivity index is 1.18. The second kappa shape index (κ2) is 12.3. The number of hydrogen-bond acceptors (Lipinski definition) is 5. The lowest BCUT2D eigenvalue weighted by Gasteiger charge is -2.37. The first kappa shape index (κ1) is 26.0. The van der Waals surface area contributed by atoms with Gasteiger partial charge in [-0.2, -0.15) is 0 Å². The molecule has 0 aliphatic carbocycles. The van der Waals surface area contributed by atoms with Gasteiger partial charge in [0.25, 0.3) is 0 Å². The van der Waals surface area contributed by atoms with Crippen molar-refractivity contribution >= 4 is 29.0 Å². The maximum Gasteiger partial charge on any atom is 0.187 e. The molecular weight excluding hydrogens is 483 g/mol. The van der Waals surface area contributed by atoms with Crippen LogP contribution in [0.3, 0.4) is 0 Å². The summed E-state index contributed by atoms with van der Waals surface area (Å²) in [5, 5.41) is 11.7. The van der Waals surface area contributed by atoms with Crippen LogP contribution in [0.2, 0.25) is 10.0 Å². The number of halogens is 2. The number of carbonyl (C=O) groups is 1. The van der Waals surface area contributed by atoms with Crippen LogP contribution < -0.4 is 4.74 Å². The van der Waals surface area contributed by atoms with E-state index < -0.39 is 0 Å². The molecule has 0 saturated carbocycles. The fraction of sp³-hybridized carbons (Fsp3) is 0.464. The molecule has 4 rings (SSSR count). The average molecular weight is 517 g/mol. The van der Waals surface area contributed by atoms with Gasteiger partial charge in [-0.25, -0.2) is 0 Å². The average Bonchev–Trinajstić information content (AvgIpc) is 2.89. The number of benzene rings is 2. The lowest BCUT2D eigenvalue weighted by molar-refractivity contribution is 0.0319. The van der Waals surface area contributed by atoms with E-state index in [9.17, 15) is 9.90 Å². The number of ketones is 1. The zero-order chi connectivity index (χ0) is 24.8. The second-order valence-corrected chi connectivity index (χ2v) is 10.4. The summed E-state index contributed by atoms with van der Waals surface area (Å²) in [6, 6.07) is 13.3. The molecule has 7 heteroatoms. The van der Waals surface area contributed by atoms with Gasteiger partial charge >= 0.3 is 0 Å². The van der Waals surface area contributed by atoms with Crippen molar-refractivity contribution in [1.82, 2.24) is 9.80 Å². The zero-order valence-corrected chi connectivity index (χ0v) is 21.7. The number of hydrogen-bond donors (Lipinski definition) is 1. The predicted molar refractivity (Wildman–Crippen MR) is 142 cm³/mol. The summed E-state index contributed by atoms with van der Waals surface area (Å²) in [5.74, 6) is 1.68. The van der Waals surface area contributed by atoms with Crippen LogP contribution in [0.4, 0.5) is 0 Å². The molecule has 5 nitrogen and oxygen atoms in total. The van der Waals surface area contributed by atoms with E-state index in [0.29, 0.717) is 27.4 Å². The fourth-order valence-electron chi connectivity index (χ4n) is 5.11.